The van der Waals surface area contributed by atoms with Crippen LogP contribution >= 0.6 is 0 Å². The van der Waals surface area contributed by atoms with Gasteiger partial charge in [-0.15, -0.1) is 0 Å². The predicted octanol–water partition coefficient (Wildman–Crippen LogP) is 1.93. The zero-order valence-corrected chi connectivity index (χ0v) is 9.78. The van der Waals surface area contributed by atoms with Crippen molar-refractivity contribution in [3.63, 3.8) is 0 Å². The molecule has 0 radical (unpaired) electrons. The number of aromatic nitrogens is 2. The van der Waals surface area contributed by atoms with Gasteiger partial charge in [-0.05, 0) is 25.8 Å². The highest BCUT2D eigenvalue weighted by molar-refractivity contribution is 5.37. The van der Waals surface area contributed by atoms with Gasteiger partial charge in [0.05, 0.1) is 0 Å². The number of nitrogens with one attached hydrogen (secondary N) is 1. The van der Waals surface area contributed by atoms with Crippen LogP contribution in [-0.4, -0.2) is 22.8 Å². The van der Waals surface area contributed by atoms with E-state index in [-0.39, 0.29) is 5.56 Å². The van der Waals surface area contributed by atoms with Crippen LogP contribution in [0.1, 0.15) is 39.0 Å². The summed E-state index contributed by atoms with van der Waals surface area (Å²) in [6, 6.07) is 3.96. The maximum atomic E-state index is 11.0. The minimum Gasteiger partial charge on any atom is -0.352 e. The molecule has 0 saturated heterocycles. The fraction of sp³-hybridized carbons (Fsp3) is 0.667. The van der Waals surface area contributed by atoms with Crippen LogP contribution in [0.3, 0.4) is 0 Å². The van der Waals surface area contributed by atoms with E-state index in [4.69, 9.17) is 0 Å². The van der Waals surface area contributed by atoms with E-state index in [1.807, 2.05) is 6.07 Å². The number of H-pyrrole nitrogens is 1. The van der Waals surface area contributed by atoms with Crippen molar-refractivity contribution in [2.24, 2.45) is 0 Å². The third-order valence-corrected chi connectivity index (χ3v) is 3.31. The molecule has 0 unspecified atom stereocenters. The number of hydrogen-bond acceptors (Lipinski definition) is 3. The Morgan fingerprint density at radius 3 is 2.69 bits per heavy atom. The molecule has 0 atom stereocenters. The van der Waals surface area contributed by atoms with Crippen molar-refractivity contribution in [2.75, 3.05) is 11.4 Å². The van der Waals surface area contributed by atoms with Gasteiger partial charge >= 0.3 is 0 Å². The molecule has 4 heteroatoms. The van der Waals surface area contributed by atoms with E-state index in [0.29, 0.717) is 6.04 Å². The van der Waals surface area contributed by atoms with Crippen molar-refractivity contribution in [3.05, 3.63) is 22.5 Å². The second-order valence-corrected chi connectivity index (χ2v) is 4.36. The molecule has 1 aromatic rings. The highest BCUT2D eigenvalue weighted by Gasteiger charge is 2.20. The Kier molecular flexibility index (Phi) is 3.59. The molecule has 1 aliphatic carbocycles. The number of rotatable bonds is 3. The molecule has 0 amide bonds. The summed E-state index contributed by atoms with van der Waals surface area (Å²) in [6.07, 6.45) is 6.46. The molecule has 1 heterocycles. The topological polar surface area (TPSA) is 49.0 Å². The number of aromatic amines is 1. The first-order chi connectivity index (χ1) is 7.81. The van der Waals surface area contributed by atoms with Crippen LogP contribution in [0.25, 0.3) is 0 Å². The molecule has 1 aromatic heterocycles. The summed E-state index contributed by atoms with van der Waals surface area (Å²) < 4.78 is 0. The zero-order valence-electron chi connectivity index (χ0n) is 9.78. The van der Waals surface area contributed by atoms with Crippen molar-refractivity contribution < 1.29 is 0 Å². The molecule has 1 aliphatic rings. The van der Waals surface area contributed by atoms with Crippen LogP contribution in [0.4, 0.5) is 5.82 Å². The van der Waals surface area contributed by atoms with E-state index in [9.17, 15) is 4.79 Å². The molecule has 2 rings (SSSR count). The van der Waals surface area contributed by atoms with Gasteiger partial charge in [0.15, 0.2) is 0 Å². The average Bonchev–Trinajstić information content (AvgIpc) is 2.34. The first-order valence-corrected chi connectivity index (χ1v) is 6.13. The molecule has 0 aliphatic heterocycles. The molecule has 0 bridgehead atoms. The second-order valence-electron chi connectivity index (χ2n) is 4.36. The average molecular weight is 221 g/mol. The van der Waals surface area contributed by atoms with Gasteiger partial charge in [-0.3, -0.25) is 4.79 Å². The van der Waals surface area contributed by atoms with Crippen molar-refractivity contribution in [3.8, 4) is 0 Å². The summed E-state index contributed by atoms with van der Waals surface area (Å²) in [5.41, 5.74) is -0.136. The van der Waals surface area contributed by atoms with Crippen LogP contribution in [0.15, 0.2) is 16.9 Å². The SMILES string of the molecule is CCN(c1ccc(=O)[nH]n1)C1CCCCC1. The van der Waals surface area contributed by atoms with Gasteiger partial charge in [0.25, 0.3) is 5.56 Å². The first kappa shape index (κ1) is 11.2. The lowest BCUT2D eigenvalue weighted by Gasteiger charge is -2.34. The zero-order chi connectivity index (χ0) is 11.4. The Bertz CT molecular complexity index is 362. The monoisotopic (exact) mass is 221 g/mol. The molecule has 0 aromatic carbocycles. The quantitative estimate of drug-likeness (QED) is 0.848. The summed E-state index contributed by atoms with van der Waals surface area (Å²) in [5.74, 6) is 0.897. The minimum absolute atomic E-state index is 0.136. The molecule has 1 saturated carbocycles. The van der Waals surface area contributed by atoms with Gasteiger partial charge in [0.1, 0.15) is 5.82 Å². The third-order valence-electron chi connectivity index (χ3n) is 3.31. The molecule has 1 N–H and O–H groups in total. The number of anilines is 1. The molecular formula is C12H19N3O. The normalized spacial score (nSPS) is 17.3. The maximum Gasteiger partial charge on any atom is 0.264 e. The Hall–Kier alpha value is -1.32. The van der Waals surface area contributed by atoms with E-state index in [2.05, 4.69) is 22.0 Å². The van der Waals surface area contributed by atoms with Crippen molar-refractivity contribution >= 4 is 5.82 Å². The maximum absolute atomic E-state index is 11.0. The Balaban J connectivity index is 2.14. The second kappa shape index (κ2) is 5.14. The smallest absolute Gasteiger partial charge is 0.264 e. The minimum atomic E-state index is -0.136. The van der Waals surface area contributed by atoms with Gasteiger partial charge in [-0.25, -0.2) is 5.10 Å². The first-order valence-electron chi connectivity index (χ1n) is 6.13. The highest BCUT2D eigenvalue weighted by Crippen LogP contribution is 2.25. The van der Waals surface area contributed by atoms with Crippen LogP contribution in [-0.2, 0) is 0 Å². The summed E-state index contributed by atoms with van der Waals surface area (Å²) >= 11 is 0. The molecule has 4 nitrogen and oxygen atoms in total. The van der Waals surface area contributed by atoms with Gasteiger partial charge in [-0.1, -0.05) is 19.3 Å². The number of hydrogen-bond donors (Lipinski definition) is 1. The van der Waals surface area contributed by atoms with E-state index >= 15 is 0 Å². The fourth-order valence-corrected chi connectivity index (χ4v) is 2.50. The Morgan fingerprint density at radius 2 is 2.12 bits per heavy atom. The third kappa shape index (κ3) is 2.43. The van der Waals surface area contributed by atoms with E-state index in [1.165, 1.54) is 32.1 Å². The van der Waals surface area contributed by atoms with Crippen LogP contribution in [0.2, 0.25) is 0 Å². The molecule has 16 heavy (non-hydrogen) atoms. The van der Waals surface area contributed by atoms with Crippen molar-refractivity contribution in [2.45, 2.75) is 45.1 Å². The lowest BCUT2D eigenvalue weighted by Crippen LogP contribution is -2.37. The van der Waals surface area contributed by atoms with Gasteiger partial charge in [0.2, 0.25) is 0 Å². The van der Waals surface area contributed by atoms with E-state index < -0.39 is 0 Å². The predicted molar refractivity (Wildman–Crippen MR) is 64.8 cm³/mol. The van der Waals surface area contributed by atoms with Crippen molar-refractivity contribution in [1.29, 1.82) is 0 Å². The van der Waals surface area contributed by atoms with E-state index in [1.54, 1.807) is 6.07 Å². The largest absolute Gasteiger partial charge is 0.352 e. The standard InChI is InChI=1S/C12H19N3O/c1-2-15(10-6-4-3-5-7-10)11-8-9-12(16)14-13-11/h8-10H,2-7H2,1H3,(H,14,16). The Labute approximate surface area is 95.7 Å². The van der Waals surface area contributed by atoms with Crippen LogP contribution in [0.5, 0.6) is 0 Å². The van der Waals surface area contributed by atoms with Gasteiger partial charge < -0.3 is 4.90 Å². The van der Waals surface area contributed by atoms with Gasteiger partial charge in [0, 0.05) is 18.7 Å². The molecule has 1 fully saturated rings. The fourth-order valence-electron chi connectivity index (χ4n) is 2.50. The van der Waals surface area contributed by atoms with Crippen molar-refractivity contribution in [1.82, 2.24) is 10.2 Å². The molecule has 88 valence electrons. The lowest BCUT2D eigenvalue weighted by molar-refractivity contribution is 0.415. The summed E-state index contributed by atoms with van der Waals surface area (Å²) in [6.45, 7) is 3.09. The van der Waals surface area contributed by atoms with E-state index in [0.717, 1.165) is 12.4 Å². The number of nitrogens with zero attached hydrogens (tertiary/aromatic N) is 2. The Morgan fingerprint density at radius 1 is 1.38 bits per heavy atom. The van der Waals surface area contributed by atoms with Crippen LogP contribution < -0.4 is 10.5 Å². The van der Waals surface area contributed by atoms with Crippen LogP contribution in [0, 0.1) is 0 Å². The molecular weight excluding hydrogens is 202 g/mol. The van der Waals surface area contributed by atoms with Gasteiger partial charge in [-0.2, -0.15) is 5.10 Å². The summed E-state index contributed by atoms with van der Waals surface area (Å²) in [4.78, 5) is 13.3. The lowest BCUT2D eigenvalue weighted by atomic mass is 9.94. The summed E-state index contributed by atoms with van der Waals surface area (Å²) in [7, 11) is 0. The molecule has 0 spiro atoms. The summed E-state index contributed by atoms with van der Waals surface area (Å²) in [5, 5.41) is 6.62. The highest BCUT2D eigenvalue weighted by atomic mass is 16.1.